The van der Waals surface area contributed by atoms with Crippen molar-refractivity contribution in [3.8, 4) is 5.88 Å². The summed E-state index contributed by atoms with van der Waals surface area (Å²) in [5.41, 5.74) is 1.68. The maximum absolute atomic E-state index is 13.6. The molecule has 0 N–H and O–H groups in total. The molecule has 1 aromatic heterocycles. The summed E-state index contributed by atoms with van der Waals surface area (Å²) in [7, 11) is 3.83. The van der Waals surface area contributed by atoms with Gasteiger partial charge in [0.25, 0.3) is 0 Å². The van der Waals surface area contributed by atoms with E-state index >= 15 is 0 Å². The highest BCUT2D eigenvalue weighted by atomic mass is 16.5. The minimum atomic E-state index is -0.120. The van der Waals surface area contributed by atoms with Gasteiger partial charge in [-0.25, -0.2) is 4.79 Å². The number of likely N-dealkylation sites (tertiary alicyclic amines) is 1. The summed E-state index contributed by atoms with van der Waals surface area (Å²) in [6.07, 6.45) is 1.62. The molecule has 4 rings (SSSR count). The third-order valence-corrected chi connectivity index (χ3v) is 5.24. The number of benzene rings is 2. The van der Waals surface area contributed by atoms with Crippen molar-refractivity contribution >= 4 is 23.2 Å². The first-order valence-electron chi connectivity index (χ1n) is 10.5. The number of amides is 2. The predicted octanol–water partition coefficient (Wildman–Crippen LogP) is 4.34. The number of carbonyl (C=O) groups is 1. The van der Waals surface area contributed by atoms with Crippen molar-refractivity contribution < 1.29 is 9.53 Å². The average Bonchev–Trinajstić information content (AvgIpc) is 2.81. The molecule has 2 amide bonds. The van der Waals surface area contributed by atoms with Crippen molar-refractivity contribution in [3.63, 3.8) is 0 Å². The Bertz CT molecular complexity index is 940. The summed E-state index contributed by atoms with van der Waals surface area (Å²) in [4.78, 5) is 19.1. The number of anilines is 3. The molecule has 160 valence electrons. The van der Waals surface area contributed by atoms with Gasteiger partial charge in [0.15, 0.2) is 5.82 Å². The molecule has 0 aliphatic carbocycles. The fourth-order valence-electron chi connectivity index (χ4n) is 3.66. The Hall–Kier alpha value is -3.61. The highest BCUT2D eigenvalue weighted by molar-refractivity contribution is 5.99. The van der Waals surface area contributed by atoms with Gasteiger partial charge in [-0.1, -0.05) is 36.4 Å². The Morgan fingerprint density at radius 3 is 2.13 bits per heavy atom. The third-order valence-electron chi connectivity index (χ3n) is 5.24. The summed E-state index contributed by atoms with van der Waals surface area (Å²) in [5.74, 6) is 1.25. The maximum Gasteiger partial charge on any atom is 0.329 e. The molecule has 1 aliphatic heterocycles. The molecule has 1 atom stereocenters. The molecule has 1 fully saturated rings. The number of rotatable bonds is 5. The number of nitrogens with zero attached hydrogens (tertiary/aromatic N) is 5. The number of hydrogen-bond acceptors (Lipinski definition) is 5. The molecular formula is C24H27N5O2. The highest BCUT2D eigenvalue weighted by Crippen LogP contribution is 2.28. The molecule has 31 heavy (non-hydrogen) atoms. The van der Waals surface area contributed by atoms with E-state index in [0.29, 0.717) is 19.0 Å². The first kappa shape index (κ1) is 20.7. The van der Waals surface area contributed by atoms with Crippen molar-refractivity contribution in [3.05, 3.63) is 72.8 Å². The van der Waals surface area contributed by atoms with E-state index in [1.165, 1.54) is 0 Å². The molecule has 0 spiro atoms. The molecule has 0 radical (unpaired) electrons. The Morgan fingerprint density at radius 1 is 0.935 bits per heavy atom. The van der Waals surface area contributed by atoms with Crippen LogP contribution in [-0.2, 0) is 0 Å². The van der Waals surface area contributed by atoms with Gasteiger partial charge in [-0.3, -0.25) is 4.90 Å². The quantitative estimate of drug-likeness (QED) is 0.618. The smallest absolute Gasteiger partial charge is 0.329 e. The minimum absolute atomic E-state index is 0.0558. The zero-order chi connectivity index (χ0) is 21.6. The standard InChI is InChI=1S/C24H27N5O2/c1-27(2)22-15-16-23(26-25-22)31-21-14-9-17-28(18-21)24(30)29(19-10-5-3-6-11-19)20-12-7-4-8-13-20/h3-8,10-13,15-16,21H,9,14,17-18H2,1-2H3. The van der Waals surface area contributed by atoms with Crippen LogP contribution in [-0.4, -0.2) is 54.4 Å². The van der Waals surface area contributed by atoms with Crippen LogP contribution in [0, 0.1) is 0 Å². The molecule has 1 unspecified atom stereocenters. The molecule has 1 saturated heterocycles. The Balaban J connectivity index is 1.50. The molecule has 0 saturated carbocycles. The monoisotopic (exact) mass is 417 g/mol. The summed E-state index contributed by atoms with van der Waals surface area (Å²) in [6, 6.07) is 23.1. The molecule has 2 aromatic carbocycles. The van der Waals surface area contributed by atoms with Crippen LogP contribution in [0.3, 0.4) is 0 Å². The van der Waals surface area contributed by atoms with Crippen molar-refractivity contribution in [2.45, 2.75) is 18.9 Å². The Morgan fingerprint density at radius 2 is 1.58 bits per heavy atom. The summed E-state index contributed by atoms with van der Waals surface area (Å²) in [5, 5.41) is 8.33. The summed E-state index contributed by atoms with van der Waals surface area (Å²) >= 11 is 0. The van der Waals surface area contributed by atoms with Crippen LogP contribution in [0.4, 0.5) is 22.0 Å². The second-order valence-corrected chi connectivity index (χ2v) is 7.74. The van der Waals surface area contributed by atoms with E-state index in [2.05, 4.69) is 10.2 Å². The first-order chi connectivity index (χ1) is 15.1. The lowest BCUT2D eigenvalue weighted by molar-refractivity contribution is 0.100. The molecule has 2 heterocycles. The number of para-hydroxylation sites is 2. The SMILES string of the molecule is CN(C)c1ccc(OC2CCCN(C(=O)N(c3ccccc3)c3ccccc3)C2)nn1. The van der Waals surface area contributed by atoms with Crippen LogP contribution in [0.15, 0.2) is 72.8 Å². The van der Waals surface area contributed by atoms with Gasteiger partial charge < -0.3 is 14.5 Å². The molecule has 3 aromatic rings. The van der Waals surface area contributed by atoms with Crippen LogP contribution in [0.25, 0.3) is 0 Å². The molecule has 1 aliphatic rings. The zero-order valence-corrected chi connectivity index (χ0v) is 17.9. The lowest BCUT2D eigenvalue weighted by Crippen LogP contribution is -2.49. The summed E-state index contributed by atoms with van der Waals surface area (Å²) in [6.45, 7) is 1.20. The van der Waals surface area contributed by atoms with Gasteiger partial charge in [0.1, 0.15) is 6.10 Å². The fourth-order valence-corrected chi connectivity index (χ4v) is 3.66. The van der Waals surface area contributed by atoms with Crippen LogP contribution >= 0.6 is 0 Å². The van der Waals surface area contributed by atoms with Gasteiger partial charge in [0, 0.05) is 26.7 Å². The largest absolute Gasteiger partial charge is 0.471 e. The number of aromatic nitrogens is 2. The van der Waals surface area contributed by atoms with E-state index in [4.69, 9.17) is 4.74 Å². The first-order valence-corrected chi connectivity index (χ1v) is 10.5. The van der Waals surface area contributed by atoms with E-state index in [9.17, 15) is 4.79 Å². The van der Waals surface area contributed by atoms with Gasteiger partial charge in [0.05, 0.1) is 17.9 Å². The van der Waals surface area contributed by atoms with E-state index in [-0.39, 0.29) is 12.1 Å². The molecule has 7 nitrogen and oxygen atoms in total. The average molecular weight is 418 g/mol. The van der Waals surface area contributed by atoms with Crippen LogP contribution in [0.1, 0.15) is 12.8 Å². The normalized spacial score (nSPS) is 15.9. The molecular weight excluding hydrogens is 390 g/mol. The Labute approximate surface area is 182 Å². The van der Waals surface area contributed by atoms with Gasteiger partial charge >= 0.3 is 6.03 Å². The van der Waals surface area contributed by atoms with Crippen molar-refractivity contribution in [2.75, 3.05) is 37.0 Å². The lowest BCUT2D eigenvalue weighted by atomic mass is 10.1. The van der Waals surface area contributed by atoms with Gasteiger partial charge in [-0.05, 0) is 43.2 Å². The third kappa shape index (κ3) is 4.94. The Kier molecular flexibility index (Phi) is 6.31. The number of ether oxygens (including phenoxy) is 1. The van der Waals surface area contributed by atoms with Crippen molar-refractivity contribution in [1.29, 1.82) is 0 Å². The van der Waals surface area contributed by atoms with Gasteiger partial charge in [0.2, 0.25) is 5.88 Å². The van der Waals surface area contributed by atoms with Crippen molar-refractivity contribution in [2.24, 2.45) is 0 Å². The molecule has 7 heteroatoms. The van der Waals surface area contributed by atoms with Crippen LogP contribution < -0.4 is 14.5 Å². The van der Waals surface area contributed by atoms with Crippen LogP contribution in [0.2, 0.25) is 0 Å². The van der Waals surface area contributed by atoms with Gasteiger partial charge in [-0.15, -0.1) is 10.2 Å². The topological polar surface area (TPSA) is 61.8 Å². The predicted molar refractivity (Wildman–Crippen MR) is 122 cm³/mol. The van der Waals surface area contributed by atoms with Crippen LogP contribution in [0.5, 0.6) is 5.88 Å². The fraction of sp³-hybridized carbons (Fsp3) is 0.292. The van der Waals surface area contributed by atoms with E-state index < -0.39 is 0 Å². The summed E-state index contributed by atoms with van der Waals surface area (Å²) < 4.78 is 6.06. The maximum atomic E-state index is 13.6. The second kappa shape index (κ2) is 9.47. The van der Waals surface area contributed by atoms with Crippen molar-refractivity contribution in [1.82, 2.24) is 15.1 Å². The minimum Gasteiger partial charge on any atom is -0.471 e. The van der Waals surface area contributed by atoms with Gasteiger partial charge in [-0.2, -0.15) is 0 Å². The lowest BCUT2D eigenvalue weighted by Gasteiger charge is -2.36. The number of piperidine rings is 1. The number of hydrogen-bond donors (Lipinski definition) is 0. The highest BCUT2D eigenvalue weighted by Gasteiger charge is 2.30. The number of carbonyl (C=O) groups excluding carboxylic acids is 1. The van der Waals surface area contributed by atoms with E-state index in [1.54, 1.807) is 4.90 Å². The molecule has 0 bridgehead atoms. The van der Waals surface area contributed by atoms with E-state index in [0.717, 1.165) is 30.0 Å². The second-order valence-electron chi connectivity index (χ2n) is 7.74. The number of urea groups is 1. The van der Waals surface area contributed by atoms with E-state index in [1.807, 2.05) is 96.7 Å². The zero-order valence-electron chi connectivity index (χ0n) is 17.9.